The van der Waals surface area contributed by atoms with Crippen molar-refractivity contribution in [3.8, 4) is 0 Å². The molecule has 0 heterocycles. The molecule has 47 valence electrons. The van der Waals surface area contributed by atoms with Gasteiger partial charge in [0.1, 0.15) is 0 Å². The van der Waals surface area contributed by atoms with Crippen molar-refractivity contribution in [1.82, 2.24) is 5.32 Å². The summed E-state index contributed by atoms with van der Waals surface area (Å²) in [7, 11) is 0. The van der Waals surface area contributed by atoms with Gasteiger partial charge in [-0.3, -0.25) is 5.41 Å². The molecular weight excluding hydrogens is 102 g/mol. The van der Waals surface area contributed by atoms with Crippen LogP contribution in [0.4, 0.5) is 0 Å². The van der Waals surface area contributed by atoms with E-state index in [2.05, 4.69) is 5.32 Å². The highest BCUT2D eigenvalue weighted by molar-refractivity contribution is 5.74. The van der Waals surface area contributed by atoms with Crippen molar-refractivity contribution in [3.63, 3.8) is 0 Å². The molecule has 4 N–H and O–H groups in total. The van der Waals surface area contributed by atoms with E-state index in [0.717, 1.165) is 13.0 Å². The van der Waals surface area contributed by atoms with E-state index < -0.39 is 0 Å². The summed E-state index contributed by atoms with van der Waals surface area (Å²) in [5.74, 6) is 0.0480. The van der Waals surface area contributed by atoms with E-state index in [9.17, 15) is 0 Å². The predicted octanol–water partition coefficient (Wildman–Crippen LogP) is 0.0838. The molecule has 0 fully saturated rings. The number of guanidine groups is 1. The summed E-state index contributed by atoms with van der Waals surface area (Å²) in [4.78, 5) is 0. The van der Waals surface area contributed by atoms with Crippen molar-refractivity contribution < 1.29 is 0 Å². The first-order chi connectivity index (χ1) is 3.77. The van der Waals surface area contributed by atoms with Crippen molar-refractivity contribution in [1.29, 1.82) is 5.41 Å². The third kappa shape index (κ3) is 5.27. The van der Waals surface area contributed by atoms with E-state index >= 15 is 0 Å². The van der Waals surface area contributed by atoms with Crippen LogP contribution in [0.2, 0.25) is 0 Å². The van der Waals surface area contributed by atoms with Crippen LogP contribution < -0.4 is 11.1 Å². The van der Waals surface area contributed by atoms with Crippen LogP contribution in [0.3, 0.4) is 0 Å². The third-order valence-corrected chi connectivity index (χ3v) is 0.748. The number of nitrogens with one attached hydrogen (secondary N) is 2. The van der Waals surface area contributed by atoms with Crippen LogP contribution in [-0.2, 0) is 0 Å². The van der Waals surface area contributed by atoms with E-state index in [4.69, 9.17) is 11.1 Å². The number of rotatable bonds is 3. The van der Waals surface area contributed by atoms with Crippen LogP contribution in [0, 0.1) is 11.8 Å². The van der Waals surface area contributed by atoms with Crippen LogP contribution in [-0.4, -0.2) is 12.5 Å². The lowest BCUT2D eigenvalue weighted by Gasteiger charge is -1.98. The fraction of sp³-hybridized carbons (Fsp3) is 0.600. The van der Waals surface area contributed by atoms with Gasteiger partial charge >= 0.3 is 0 Å². The van der Waals surface area contributed by atoms with E-state index in [-0.39, 0.29) is 5.96 Å². The van der Waals surface area contributed by atoms with Gasteiger partial charge < -0.3 is 11.1 Å². The largest absolute Gasteiger partial charge is 0.370 e. The molecule has 0 spiro atoms. The summed E-state index contributed by atoms with van der Waals surface area (Å²) < 4.78 is 0. The molecule has 0 aromatic rings. The van der Waals surface area contributed by atoms with Crippen LogP contribution in [0.25, 0.3) is 0 Å². The lowest BCUT2D eigenvalue weighted by molar-refractivity contribution is 0.841. The van der Waals surface area contributed by atoms with Gasteiger partial charge in [-0.1, -0.05) is 6.92 Å². The lowest BCUT2D eigenvalue weighted by atomic mass is 10.3. The topological polar surface area (TPSA) is 61.9 Å². The Kier molecular flexibility index (Phi) is 4.03. The Bertz CT molecular complexity index is 70.1. The molecule has 0 aliphatic carbocycles. The van der Waals surface area contributed by atoms with Gasteiger partial charge in [0.15, 0.2) is 5.96 Å². The standard InChI is InChI=1S/C5H12N3/c1-2-3-4-8-5(6)7/h2H,3-4H2,1H3,(H4,6,7,8). The van der Waals surface area contributed by atoms with Crippen molar-refractivity contribution in [3.05, 3.63) is 6.42 Å². The first kappa shape index (κ1) is 7.27. The summed E-state index contributed by atoms with van der Waals surface area (Å²) in [6.07, 6.45) is 2.98. The van der Waals surface area contributed by atoms with E-state index in [1.165, 1.54) is 0 Å². The zero-order valence-electron chi connectivity index (χ0n) is 5.07. The lowest BCUT2D eigenvalue weighted by Crippen LogP contribution is -2.30. The van der Waals surface area contributed by atoms with Gasteiger partial charge in [-0.2, -0.15) is 0 Å². The number of unbranched alkanes of at least 4 members (excludes halogenated alkanes) is 1. The van der Waals surface area contributed by atoms with Crippen molar-refractivity contribution in [2.75, 3.05) is 6.54 Å². The first-order valence-corrected chi connectivity index (χ1v) is 2.63. The van der Waals surface area contributed by atoms with Crippen molar-refractivity contribution >= 4 is 5.96 Å². The monoisotopic (exact) mass is 114 g/mol. The van der Waals surface area contributed by atoms with Crippen LogP contribution in [0.5, 0.6) is 0 Å². The number of hydrogen-bond acceptors (Lipinski definition) is 1. The summed E-state index contributed by atoms with van der Waals surface area (Å²) in [6.45, 7) is 2.74. The maximum absolute atomic E-state index is 6.73. The molecule has 0 rings (SSSR count). The maximum Gasteiger partial charge on any atom is 0.185 e. The maximum atomic E-state index is 6.73. The molecule has 0 unspecified atom stereocenters. The molecule has 0 aliphatic rings. The van der Waals surface area contributed by atoms with Gasteiger partial charge in [0, 0.05) is 6.54 Å². The molecule has 3 nitrogen and oxygen atoms in total. The molecule has 0 aromatic carbocycles. The Morgan fingerprint density at radius 3 is 2.88 bits per heavy atom. The number of nitrogens with two attached hydrogens (primary N) is 1. The molecule has 0 aliphatic heterocycles. The van der Waals surface area contributed by atoms with Gasteiger partial charge in [-0.05, 0) is 12.8 Å². The molecular formula is C5H12N3. The SMILES string of the molecule is C[CH]CCNC(=N)N. The minimum absolute atomic E-state index is 0.0480. The smallest absolute Gasteiger partial charge is 0.185 e. The third-order valence-electron chi connectivity index (χ3n) is 0.748. The highest BCUT2D eigenvalue weighted by Gasteiger charge is 1.83. The average Bonchev–Trinajstić information content (AvgIpc) is 1.66. The molecule has 1 radical (unpaired) electrons. The van der Waals surface area contributed by atoms with Gasteiger partial charge in [-0.15, -0.1) is 0 Å². The van der Waals surface area contributed by atoms with Crippen LogP contribution in [0.15, 0.2) is 0 Å². The zero-order chi connectivity index (χ0) is 6.41. The fourth-order valence-corrected chi connectivity index (χ4v) is 0.351. The summed E-state index contributed by atoms with van der Waals surface area (Å²) >= 11 is 0. The predicted molar refractivity (Wildman–Crippen MR) is 34.5 cm³/mol. The van der Waals surface area contributed by atoms with Gasteiger partial charge in [0.25, 0.3) is 0 Å². The molecule has 0 atom stereocenters. The van der Waals surface area contributed by atoms with E-state index in [0.29, 0.717) is 0 Å². The van der Waals surface area contributed by atoms with Gasteiger partial charge in [0.2, 0.25) is 0 Å². The average molecular weight is 114 g/mol. The van der Waals surface area contributed by atoms with Crippen LogP contribution >= 0.6 is 0 Å². The second-order valence-corrected chi connectivity index (χ2v) is 1.54. The summed E-state index contributed by atoms with van der Waals surface area (Å²) in [6, 6.07) is 0. The Morgan fingerprint density at radius 2 is 2.50 bits per heavy atom. The Hall–Kier alpha value is -0.730. The fourth-order valence-electron chi connectivity index (χ4n) is 0.351. The summed E-state index contributed by atoms with van der Waals surface area (Å²) in [5.41, 5.74) is 4.99. The normalized spacial score (nSPS) is 8.62. The molecule has 8 heavy (non-hydrogen) atoms. The van der Waals surface area contributed by atoms with Crippen molar-refractivity contribution in [2.24, 2.45) is 5.73 Å². The van der Waals surface area contributed by atoms with Gasteiger partial charge in [0.05, 0.1) is 0 Å². The zero-order valence-corrected chi connectivity index (χ0v) is 5.07. The second kappa shape index (κ2) is 4.43. The Labute approximate surface area is 49.8 Å². The Morgan fingerprint density at radius 1 is 1.88 bits per heavy atom. The molecule has 0 aromatic heterocycles. The number of hydrogen-bond donors (Lipinski definition) is 3. The minimum atomic E-state index is 0.0480. The summed E-state index contributed by atoms with van der Waals surface area (Å²) in [5, 5.41) is 9.40. The second-order valence-electron chi connectivity index (χ2n) is 1.54. The molecule has 3 heteroatoms. The molecule has 0 saturated heterocycles. The first-order valence-electron chi connectivity index (χ1n) is 2.63. The highest BCUT2D eigenvalue weighted by Crippen LogP contribution is 1.78. The molecule has 0 bridgehead atoms. The quantitative estimate of drug-likeness (QED) is 0.276. The van der Waals surface area contributed by atoms with E-state index in [1.807, 2.05) is 13.3 Å². The Balaban J connectivity index is 2.82. The minimum Gasteiger partial charge on any atom is -0.370 e. The van der Waals surface area contributed by atoms with Gasteiger partial charge in [-0.25, -0.2) is 0 Å². The highest BCUT2D eigenvalue weighted by atomic mass is 15.0. The van der Waals surface area contributed by atoms with Crippen LogP contribution in [0.1, 0.15) is 13.3 Å². The molecule has 0 amide bonds. The van der Waals surface area contributed by atoms with E-state index in [1.54, 1.807) is 0 Å². The van der Waals surface area contributed by atoms with Crippen molar-refractivity contribution in [2.45, 2.75) is 13.3 Å². The molecule has 0 saturated carbocycles.